The van der Waals surface area contributed by atoms with Crippen molar-refractivity contribution in [3.05, 3.63) is 35.9 Å². The van der Waals surface area contributed by atoms with Crippen LogP contribution in [0.5, 0.6) is 0 Å². The number of oxime groups is 1. The Morgan fingerprint density at radius 1 is 1.42 bits per heavy atom. The van der Waals surface area contributed by atoms with Gasteiger partial charge < -0.3 is 9.74 Å². The summed E-state index contributed by atoms with van der Waals surface area (Å²) in [6.07, 6.45) is 6.40. The van der Waals surface area contributed by atoms with Gasteiger partial charge in [-0.15, -0.1) is 0 Å². The largest absolute Gasteiger partial charge is 0.399 e. The van der Waals surface area contributed by atoms with E-state index in [9.17, 15) is 4.79 Å². The molecular formula is C16H20N6O2. The van der Waals surface area contributed by atoms with Gasteiger partial charge >= 0.3 is 0 Å². The van der Waals surface area contributed by atoms with Gasteiger partial charge in [0, 0.05) is 25.1 Å². The fourth-order valence-corrected chi connectivity index (χ4v) is 2.89. The Balaban J connectivity index is 1.80. The van der Waals surface area contributed by atoms with Gasteiger partial charge in [0.25, 0.3) is 5.91 Å². The normalized spacial score (nSPS) is 16.5. The van der Waals surface area contributed by atoms with Crippen molar-refractivity contribution in [2.45, 2.75) is 32.7 Å². The maximum absolute atomic E-state index is 12.9. The third-order valence-electron chi connectivity index (χ3n) is 4.23. The summed E-state index contributed by atoms with van der Waals surface area (Å²) < 4.78 is 1.90. The van der Waals surface area contributed by atoms with Gasteiger partial charge in [-0.25, -0.2) is 0 Å². The van der Waals surface area contributed by atoms with E-state index in [0.29, 0.717) is 12.1 Å². The van der Waals surface area contributed by atoms with Crippen LogP contribution in [-0.4, -0.2) is 45.3 Å². The fraction of sp³-hybridized carbons (Fsp3) is 0.438. The van der Waals surface area contributed by atoms with E-state index in [4.69, 9.17) is 4.84 Å². The van der Waals surface area contributed by atoms with Gasteiger partial charge in [-0.1, -0.05) is 5.16 Å². The molecule has 24 heavy (non-hydrogen) atoms. The number of carbonyl (C=O) groups is 1. The minimum absolute atomic E-state index is 0.0839. The van der Waals surface area contributed by atoms with E-state index in [1.165, 1.54) is 0 Å². The van der Waals surface area contributed by atoms with E-state index < -0.39 is 0 Å². The molecular weight excluding hydrogens is 308 g/mol. The molecule has 0 bridgehead atoms. The van der Waals surface area contributed by atoms with E-state index in [1.807, 2.05) is 18.5 Å². The molecule has 2 aromatic rings. The lowest BCUT2D eigenvalue weighted by atomic mass is 9.90. The first-order valence-electron chi connectivity index (χ1n) is 7.87. The molecule has 0 atom stereocenters. The average Bonchev–Trinajstić information content (AvgIpc) is 2.93. The first-order chi connectivity index (χ1) is 11.7. The summed E-state index contributed by atoms with van der Waals surface area (Å²) in [5, 5.41) is 16.0. The minimum atomic E-state index is -0.0839. The molecule has 0 N–H and O–H groups in total. The lowest BCUT2D eigenvalue weighted by Crippen LogP contribution is -2.32. The molecule has 0 radical (unpaired) electrons. The van der Waals surface area contributed by atoms with Crippen molar-refractivity contribution in [2.24, 2.45) is 5.16 Å². The molecule has 0 aromatic carbocycles. The molecule has 1 aliphatic carbocycles. The van der Waals surface area contributed by atoms with Gasteiger partial charge in [-0.3, -0.25) is 9.48 Å². The Morgan fingerprint density at radius 3 is 2.83 bits per heavy atom. The number of carbonyl (C=O) groups excluding carboxylic acids is 1. The van der Waals surface area contributed by atoms with Crippen molar-refractivity contribution < 1.29 is 9.63 Å². The van der Waals surface area contributed by atoms with E-state index in [-0.39, 0.29) is 11.9 Å². The smallest absolute Gasteiger partial charge is 0.261 e. The van der Waals surface area contributed by atoms with E-state index >= 15 is 0 Å². The summed E-state index contributed by atoms with van der Waals surface area (Å²) in [6.45, 7) is 4.39. The zero-order valence-electron chi connectivity index (χ0n) is 14.0. The highest BCUT2D eigenvalue weighted by Crippen LogP contribution is 2.31. The SMILES string of the molecule is CCN(C(=O)c1cnn(C2CC(=NOC)C2)c1C)c1ccnnc1. The zero-order chi connectivity index (χ0) is 17.1. The molecule has 3 rings (SSSR count). The second kappa shape index (κ2) is 6.77. The van der Waals surface area contributed by atoms with Gasteiger partial charge in [0.05, 0.1) is 41.6 Å². The fourth-order valence-electron chi connectivity index (χ4n) is 2.89. The highest BCUT2D eigenvalue weighted by atomic mass is 16.6. The van der Waals surface area contributed by atoms with Crippen molar-refractivity contribution in [1.29, 1.82) is 0 Å². The maximum Gasteiger partial charge on any atom is 0.261 e. The van der Waals surface area contributed by atoms with Crippen molar-refractivity contribution >= 4 is 17.3 Å². The van der Waals surface area contributed by atoms with Crippen LogP contribution in [0.25, 0.3) is 0 Å². The molecule has 1 amide bonds. The highest BCUT2D eigenvalue weighted by molar-refractivity contribution is 6.06. The molecule has 0 saturated heterocycles. The number of hydrogen-bond acceptors (Lipinski definition) is 6. The minimum Gasteiger partial charge on any atom is -0.399 e. The molecule has 0 aliphatic heterocycles. The predicted octanol–water partition coefficient (Wildman–Crippen LogP) is 1.99. The number of rotatable bonds is 5. The van der Waals surface area contributed by atoms with Crippen LogP contribution in [0, 0.1) is 6.92 Å². The number of hydrogen-bond donors (Lipinski definition) is 0. The van der Waals surface area contributed by atoms with Crippen LogP contribution in [-0.2, 0) is 4.84 Å². The predicted molar refractivity (Wildman–Crippen MR) is 89.1 cm³/mol. The second-order valence-corrected chi connectivity index (χ2v) is 5.64. The number of nitrogens with zero attached hydrogens (tertiary/aromatic N) is 6. The molecule has 1 aliphatic rings. The molecule has 8 heteroatoms. The molecule has 8 nitrogen and oxygen atoms in total. The molecule has 126 valence electrons. The first-order valence-corrected chi connectivity index (χ1v) is 7.87. The Bertz CT molecular complexity index is 747. The monoisotopic (exact) mass is 328 g/mol. The van der Waals surface area contributed by atoms with Crippen molar-refractivity contribution in [3.63, 3.8) is 0 Å². The van der Waals surface area contributed by atoms with Crippen LogP contribution in [0.3, 0.4) is 0 Å². The van der Waals surface area contributed by atoms with Crippen molar-refractivity contribution in [1.82, 2.24) is 20.0 Å². The third-order valence-corrected chi connectivity index (χ3v) is 4.23. The lowest BCUT2D eigenvalue weighted by molar-refractivity contribution is 0.0987. The van der Waals surface area contributed by atoms with Crippen LogP contribution in [0.1, 0.15) is 41.9 Å². The lowest BCUT2D eigenvalue weighted by Gasteiger charge is -2.28. The van der Waals surface area contributed by atoms with Crippen LogP contribution in [0.4, 0.5) is 5.69 Å². The topological polar surface area (TPSA) is 85.5 Å². The van der Waals surface area contributed by atoms with Gasteiger partial charge in [0.15, 0.2) is 0 Å². The summed E-state index contributed by atoms with van der Waals surface area (Å²) in [7, 11) is 1.55. The van der Waals surface area contributed by atoms with Crippen LogP contribution < -0.4 is 4.90 Å². The highest BCUT2D eigenvalue weighted by Gasteiger charge is 2.31. The quantitative estimate of drug-likeness (QED) is 0.784. The standard InChI is InChI=1S/C16H20N6O2/c1-4-21(13-5-6-17-18-9-13)16(23)15-10-19-22(11(15)2)14-7-12(8-14)20-24-3/h5-6,9-10,14H,4,7-8H2,1-3H3. The van der Waals surface area contributed by atoms with E-state index in [0.717, 1.165) is 29.9 Å². The first kappa shape index (κ1) is 16.1. The average molecular weight is 328 g/mol. The number of anilines is 1. The Labute approximate surface area is 140 Å². The van der Waals surface area contributed by atoms with Gasteiger partial charge in [-0.2, -0.15) is 15.3 Å². The Hall–Kier alpha value is -2.77. The summed E-state index contributed by atoms with van der Waals surface area (Å²) in [4.78, 5) is 19.3. The van der Waals surface area contributed by atoms with Crippen LogP contribution >= 0.6 is 0 Å². The second-order valence-electron chi connectivity index (χ2n) is 5.64. The Kier molecular flexibility index (Phi) is 4.54. The summed E-state index contributed by atoms with van der Waals surface area (Å²) in [5.74, 6) is -0.0839. The van der Waals surface area contributed by atoms with Gasteiger partial charge in [0.1, 0.15) is 7.11 Å². The zero-order valence-corrected chi connectivity index (χ0v) is 14.0. The summed E-state index contributed by atoms with van der Waals surface area (Å²) in [6, 6.07) is 2.01. The van der Waals surface area contributed by atoms with Crippen molar-refractivity contribution in [2.75, 3.05) is 18.6 Å². The molecule has 2 heterocycles. The third kappa shape index (κ3) is 2.86. The van der Waals surface area contributed by atoms with Gasteiger partial charge in [0.2, 0.25) is 0 Å². The molecule has 1 saturated carbocycles. The number of aromatic nitrogens is 4. The van der Waals surface area contributed by atoms with Crippen molar-refractivity contribution in [3.8, 4) is 0 Å². The van der Waals surface area contributed by atoms with E-state index in [2.05, 4.69) is 20.5 Å². The van der Waals surface area contributed by atoms with Gasteiger partial charge in [-0.05, 0) is 19.9 Å². The summed E-state index contributed by atoms with van der Waals surface area (Å²) >= 11 is 0. The summed E-state index contributed by atoms with van der Waals surface area (Å²) in [5.41, 5.74) is 3.21. The molecule has 0 spiro atoms. The molecule has 0 unspecified atom stereocenters. The maximum atomic E-state index is 12.9. The molecule has 1 fully saturated rings. The Morgan fingerprint density at radius 2 is 2.21 bits per heavy atom. The molecule has 2 aromatic heterocycles. The number of amides is 1. The van der Waals surface area contributed by atoms with Crippen LogP contribution in [0.2, 0.25) is 0 Å². The van der Waals surface area contributed by atoms with E-state index in [1.54, 1.807) is 36.7 Å². The van der Waals surface area contributed by atoms with Crippen LogP contribution in [0.15, 0.2) is 29.8 Å².